The summed E-state index contributed by atoms with van der Waals surface area (Å²) < 4.78 is 6.45. The van der Waals surface area contributed by atoms with E-state index in [1.165, 1.54) is 0 Å². The van der Waals surface area contributed by atoms with Gasteiger partial charge in [0.25, 0.3) is 11.8 Å². The molecule has 0 heterocycles. The highest BCUT2D eigenvalue weighted by molar-refractivity contribution is 9.10. The minimum absolute atomic E-state index is 0.109. The highest BCUT2D eigenvalue weighted by Crippen LogP contribution is 2.26. The van der Waals surface area contributed by atoms with E-state index >= 15 is 0 Å². The average molecular weight is 520 g/mol. The highest BCUT2D eigenvalue weighted by atomic mass is 79.9. The van der Waals surface area contributed by atoms with Crippen LogP contribution in [0.1, 0.15) is 60.7 Å². The molecule has 0 atom stereocenters. The van der Waals surface area contributed by atoms with E-state index in [0.717, 1.165) is 19.3 Å². The van der Waals surface area contributed by atoms with E-state index in [9.17, 15) is 9.59 Å². The van der Waals surface area contributed by atoms with Crippen LogP contribution in [0.2, 0.25) is 0 Å². The molecule has 2 amide bonds. The lowest BCUT2D eigenvalue weighted by atomic mass is 10.1. The van der Waals surface area contributed by atoms with Gasteiger partial charge >= 0.3 is 0 Å². The number of carbonyl (C=O) groups is 2. The molecule has 2 aromatic carbocycles. The summed E-state index contributed by atoms with van der Waals surface area (Å²) in [5.74, 6) is 0.695. The van der Waals surface area contributed by atoms with Crippen LogP contribution in [0.15, 0.2) is 46.9 Å². The Kier molecular flexibility index (Phi) is 10.6. The molecule has 0 radical (unpaired) electrons. The normalized spacial score (nSPS) is 10.5. The Morgan fingerprint density at radius 2 is 1.88 bits per heavy atom. The number of benzene rings is 2. The van der Waals surface area contributed by atoms with E-state index < -0.39 is 0 Å². The van der Waals surface area contributed by atoms with E-state index in [1.54, 1.807) is 42.5 Å². The zero-order chi connectivity index (χ0) is 23.5. The molecular formula is C24H30BrN3O3S. The van der Waals surface area contributed by atoms with Gasteiger partial charge in [-0.05, 0) is 77.2 Å². The number of hydrogen-bond acceptors (Lipinski definition) is 4. The van der Waals surface area contributed by atoms with Crippen molar-refractivity contribution in [3.63, 3.8) is 0 Å². The second-order valence-corrected chi connectivity index (χ2v) is 9.00. The van der Waals surface area contributed by atoms with Gasteiger partial charge in [-0.1, -0.05) is 39.3 Å². The van der Waals surface area contributed by atoms with Crippen LogP contribution < -0.4 is 20.7 Å². The first kappa shape index (κ1) is 25.8. The molecule has 0 aliphatic rings. The molecule has 0 unspecified atom stereocenters. The van der Waals surface area contributed by atoms with Crippen molar-refractivity contribution in [1.82, 2.24) is 10.6 Å². The summed E-state index contributed by atoms with van der Waals surface area (Å²) in [4.78, 5) is 25.1. The van der Waals surface area contributed by atoms with Gasteiger partial charge in [-0.15, -0.1) is 0 Å². The van der Waals surface area contributed by atoms with E-state index in [-0.39, 0.29) is 16.9 Å². The van der Waals surface area contributed by atoms with Gasteiger partial charge in [0.05, 0.1) is 22.3 Å². The molecule has 0 aromatic heterocycles. The lowest BCUT2D eigenvalue weighted by Gasteiger charge is -2.14. The van der Waals surface area contributed by atoms with Crippen molar-refractivity contribution in [2.45, 2.75) is 40.0 Å². The van der Waals surface area contributed by atoms with Crippen LogP contribution in [0.25, 0.3) is 0 Å². The Balaban J connectivity index is 1.98. The number of anilines is 1. The molecule has 0 bridgehead atoms. The maximum atomic E-state index is 12.6. The summed E-state index contributed by atoms with van der Waals surface area (Å²) in [7, 11) is 0. The van der Waals surface area contributed by atoms with E-state index in [2.05, 4.69) is 52.7 Å². The lowest BCUT2D eigenvalue weighted by Crippen LogP contribution is -2.35. The van der Waals surface area contributed by atoms with Gasteiger partial charge < -0.3 is 15.4 Å². The first-order valence-electron chi connectivity index (χ1n) is 10.7. The monoisotopic (exact) mass is 519 g/mol. The van der Waals surface area contributed by atoms with Crippen LogP contribution in [0.3, 0.4) is 0 Å². The molecule has 0 saturated carbocycles. The largest absolute Gasteiger partial charge is 0.492 e. The minimum atomic E-state index is -0.359. The zero-order valence-electron chi connectivity index (χ0n) is 18.7. The number of para-hydroxylation sites is 1. The van der Waals surface area contributed by atoms with E-state index in [0.29, 0.717) is 46.1 Å². The SMILES string of the molecule is CCCCNC(=O)c1ccccc1NC(=S)NC(=O)c1ccc(OCCC(C)C)c(Br)c1. The Hall–Kier alpha value is -2.45. The number of halogens is 1. The number of ether oxygens (including phenoxy) is 1. The molecule has 32 heavy (non-hydrogen) atoms. The Morgan fingerprint density at radius 3 is 2.56 bits per heavy atom. The molecule has 0 aliphatic heterocycles. The number of rotatable bonds is 10. The lowest BCUT2D eigenvalue weighted by molar-refractivity contribution is 0.0952. The van der Waals surface area contributed by atoms with Gasteiger partial charge in [-0.2, -0.15) is 0 Å². The molecule has 6 nitrogen and oxygen atoms in total. The number of amides is 2. The number of unbranched alkanes of at least 4 members (excludes halogenated alkanes) is 1. The molecule has 0 fully saturated rings. The van der Waals surface area contributed by atoms with Crippen molar-refractivity contribution in [3.05, 3.63) is 58.1 Å². The van der Waals surface area contributed by atoms with Gasteiger partial charge in [0.1, 0.15) is 5.75 Å². The fraction of sp³-hybridized carbons (Fsp3) is 0.375. The quantitative estimate of drug-likeness (QED) is 0.284. The second-order valence-electron chi connectivity index (χ2n) is 7.74. The Bertz CT molecular complexity index is 950. The minimum Gasteiger partial charge on any atom is -0.492 e. The number of hydrogen-bond donors (Lipinski definition) is 3. The second kappa shape index (κ2) is 13.2. The van der Waals surface area contributed by atoms with Crippen LogP contribution in [-0.2, 0) is 0 Å². The van der Waals surface area contributed by atoms with Gasteiger partial charge in [-0.3, -0.25) is 14.9 Å². The highest BCUT2D eigenvalue weighted by Gasteiger charge is 2.14. The Morgan fingerprint density at radius 1 is 1.12 bits per heavy atom. The van der Waals surface area contributed by atoms with E-state index in [4.69, 9.17) is 17.0 Å². The van der Waals surface area contributed by atoms with Gasteiger partial charge in [0.2, 0.25) is 0 Å². The van der Waals surface area contributed by atoms with Crippen LogP contribution in [0.4, 0.5) is 5.69 Å². The predicted molar refractivity (Wildman–Crippen MR) is 136 cm³/mol. The van der Waals surface area contributed by atoms with Crippen LogP contribution in [-0.4, -0.2) is 30.1 Å². The smallest absolute Gasteiger partial charge is 0.257 e. The maximum Gasteiger partial charge on any atom is 0.257 e. The van der Waals surface area contributed by atoms with Gasteiger partial charge in [0, 0.05) is 12.1 Å². The fourth-order valence-corrected chi connectivity index (χ4v) is 3.45. The molecule has 2 aromatic rings. The molecule has 8 heteroatoms. The first-order chi connectivity index (χ1) is 15.3. The van der Waals surface area contributed by atoms with Gasteiger partial charge in [0.15, 0.2) is 5.11 Å². The molecule has 172 valence electrons. The van der Waals surface area contributed by atoms with Crippen molar-refractivity contribution in [2.24, 2.45) is 5.92 Å². The standard InChI is InChI=1S/C24H30BrN3O3S/c1-4-5-13-26-23(30)18-8-6-7-9-20(18)27-24(32)28-22(29)17-10-11-21(19(25)15-17)31-14-12-16(2)3/h6-11,15-16H,4-5,12-14H2,1-3H3,(H,26,30)(H2,27,28,29,32). The molecule has 0 spiro atoms. The summed E-state index contributed by atoms with van der Waals surface area (Å²) in [6.07, 6.45) is 2.86. The van der Waals surface area contributed by atoms with E-state index in [1.807, 2.05) is 0 Å². The average Bonchev–Trinajstić information content (AvgIpc) is 2.75. The summed E-state index contributed by atoms with van der Waals surface area (Å²) >= 11 is 8.75. The number of thiocarbonyl (C=S) groups is 1. The summed E-state index contributed by atoms with van der Waals surface area (Å²) in [5.41, 5.74) is 1.43. The molecule has 3 N–H and O–H groups in total. The summed E-state index contributed by atoms with van der Waals surface area (Å²) in [6.45, 7) is 7.56. The topological polar surface area (TPSA) is 79.5 Å². The van der Waals surface area contributed by atoms with Gasteiger partial charge in [-0.25, -0.2) is 0 Å². The summed E-state index contributed by atoms with van der Waals surface area (Å²) in [6, 6.07) is 12.2. The fourth-order valence-electron chi connectivity index (χ4n) is 2.76. The Labute approximate surface area is 203 Å². The number of nitrogens with one attached hydrogen (secondary N) is 3. The number of carbonyl (C=O) groups excluding carboxylic acids is 2. The van der Waals surface area contributed by atoms with Crippen LogP contribution in [0.5, 0.6) is 5.75 Å². The van der Waals surface area contributed by atoms with Crippen molar-refractivity contribution >= 4 is 50.8 Å². The third-order valence-electron chi connectivity index (χ3n) is 4.61. The van der Waals surface area contributed by atoms with Crippen molar-refractivity contribution in [2.75, 3.05) is 18.5 Å². The molecule has 0 saturated heterocycles. The van der Waals surface area contributed by atoms with Crippen molar-refractivity contribution in [1.29, 1.82) is 0 Å². The predicted octanol–water partition coefficient (Wildman–Crippen LogP) is 5.53. The molecule has 2 rings (SSSR count). The summed E-state index contributed by atoms with van der Waals surface area (Å²) in [5, 5.41) is 8.60. The first-order valence-corrected chi connectivity index (χ1v) is 11.9. The van der Waals surface area contributed by atoms with Crippen LogP contribution >= 0.6 is 28.1 Å². The van der Waals surface area contributed by atoms with Crippen molar-refractivity contribution in [3.8, 4) is 5.75 Å². The van der Waals surface area contributed by atoms with Crippen molar-refractivity contribution < 1.29 is 14.3 Å². The third kappa shape index (κ3) is 8.24. The maximum absolute atomic E-state index is 12.6. The molecular weight excluding hydrogens is 490 g/mol. The zero-order valence-corrected chi connectivity index (χ0v) is 21.1. The van der Waals surface area contributed by atoms with Crippen LogP contribution in [0, 0.1) is 5.92 Å². The third-order valence-corrected chi connectivity index (χ3v) is 5.43. The molecule has 0 aliphatic carbocycles.